The minimum Gasteiger partial charge on any atom is -0.489 e. The lowest BCUT2D eigenvalue weighted by molar-refractivity contribution is 0.0622. The second kappa shape index (κ2) is 7.30. The first-order chi connectivity index (χ1) is 11.9. The topological polar surface area (TPSA) is 55.6 Å². The number of nitrogens with zero attached hydrogens (tertiary/aromatic N) is 2. The van der Waals surface area contributed by atoms with E-state index in [0.29, 0.717) is 29.8 Å². The minimum absolute atomic E-state index is 0.0844. The number of carbonyl (C=O) groups is 1. The van der Waals surface area contributed by atoms with Gasteiger partial charge in [0.05, 0.1) is 11.3 Å². The van der Waals surface area contributed by atoms with Gasteiger partial charge in [0, 0.05) is 18.7 Å². The number of benzene rings is 1. The molecule has 1 aromatic carbocycles. The molecule has 2 atom stereocenters. The fourth-order valence-electron chi connectivity index (χ4n) is 3.59. The largest absolute Gasteiger partial charge is 0.489 e. The van der Waals surface area contributed by atoms with Gasteiger partial charge in [0.1, 0.15) is 18.1 Å². The number of rotatable bonds is 4. The number of hydrogen-bond donors (Lipinski definition) is 0. The van der Waals surface area contributed by atoms with Gasteiger partial charge in [0.2, 0.25) is 0 Å². The van der Waals surface area contributed by atoms with Crippen molar-refractivity contribution in [2.24, 2.45) is 11.8 Å². The van der Waals surface area contributed by atoms with Crippen LogP contribution in [-0.2, 0) is 6.61 Å². The van der Waals surface area contributed by atoms with Gasteiger partial charge in [-0.05, 0) is 50.3 Å². The zero-order chi connectivity index (χ0) is 18.0. The first kappa shape index (κ1) is 17.5. The van der Waals surface area contributed by atoms with E-state index in [-0.39, 0.29) is 5.91 Å². The van der Waals surface area contributed by atoms with Crippen LogP contribution in [0.1, 0.15) is 47.6 Å². The molecule has 1 saturated heterocycles. The molecule has 2 unspecified atom stereocenters. The Kier molecular flexibility index (Phi) is 5.11. The van der Waals surface area contributed by atoms with Crippen LogP contribution in [0, 0.1) is 25.7 Å². The zero-order valence-corrected chi connectivity index (χ0v) is 15.4. The van der Waals surface area contributed by atoms with E-state index < -0.39 is 0 Å². The van der Waals surface area contributed by atoms with Gasteiger partial charge in [-0.15, -0.1) is 0 Å². The van der Waals surface area contributed by atoms with E-state index in [1.165, 1.54) is 6.42 Å². The molecule has 2 aromatic rings. The summed E-state index contributed by atoms with van der Waals surface area (Å²) in [5.74, 6) is 2.63. The van der Waals surface area contributed by atoms with Crippen LogP contribution in [0.25, 0.3) is 0 Å². The van der Waals surface area contributed by atoms with Gasteiger partial charge in [-0.25, -0.2) is 0 Å². The van der Waals surface area contributed by atoms with Crippen LogP contribution in [-0.4, -0.2) is 29.1 Å². The highest BCUT2D eigenvalue weighted by atomic mass is 16.5. The maximum Gasteiger partial charge on any atom is 0.254 e. The van der Waals surface area contributed by atoms with Crippen molar-refractivity contribution in [3.05, 3.63) is 46.8 Å². The smallest absolute Gasteiger partial charge is 0.254 e. The molecule has 5 nitrogen and oxygen atoms in total. The van der Waals surface area contributed by atoms with Crippen LogP contribution < -0.4 is 4.74 Å². The summed E-state index contributed by atoms with van der Waals surface area (Å²) in [7, 11) is 0. The molecule has 2 heterocycles. The van der Waals surface area contributed by atoms with Crippen molar-refractivity contribution < 1.29 is 14.1 Å². The number of amides is 1. The number of aryl methyl sites for hydroxylation is 2. The van der Waals surface area contributed by atoms with Crippen molar-refractivity contribution in [1.29, 1.82) is 0 Å². The Morgan fingerprint density at radius 1 is 1.28 bits per heavy atom. The normalized spacial score (nSPS) is 20.6. The lowest BCUT2D eigenvalue weighted by atomic mass is 9.91. The Labute approximate surface area is 148 Å². The van der Waals surface area contributed by atoms with Crippen molar-refractivity contribution in [2.45, 2.75) is 40.7 Å². The quantitative estimate of drug-likeness (QED) is 0.843. The molecule has 1 aromatic heterocycles. The molecule has 0 N–H and O–H groups in total. The Hall–Kier alpha value is -2.30. The predicted octanol–water partition coefficient (Wildman–Crippen LogP) is 3.99. The fraction of sp³-hybridized carbons (Fsp3) is 0.500. The Bertz CT molecular complexity index is 724. The monoisotopic (exact) mass is 342 g/mol. The highest BCUT2D eigenvalue weighted by Crippen LogP contribution is 2.24. The average molecular weight is 342 g/mol. The molecule has 1 fully saturated rings. The molecular formula is C20H26N2O3. The number of ether oxygens (including phenoxy) is 1. The SMILES string of the molecule is Cc1noc(C)c1COc1cccc(C(=O)N2CC(C)CC(C)C2)c1. The van der Waals surface area contributed by atoms with Gasteiger partial charge in [-0.1, -0.05) is 25.1 Å². The number of piperidine rings is 1. The standard InChI is InChI=1S/C20H26N2O3/c1-13-8-14(2)11-22(10-13)20(23)17-6-5-7-18(9-17)24-12-19-15(3)21-25-16(19)4/h5-7,9,13-14H,8,10-12H2,1-4H3. The third-order valence-corrected chi connectivity index (χ3v) is 4.80. The molecule has 1 aliphatic rings. The molecular weight excluding hydrogens is 316 g/mol. The summed E-state index contributed by atoms with van der Waals surface area (Å²) < 4.78 is 11.0. The van der Waals surface area contributed by atoms with Gasteiger partial charge < -0.3 is 14.2 Å². The average Bonchev–Trinajstić information content (AvgIpc) is 2.90. The first-order valence-corrected chi connectivity index (χ1v) is 8.88. The van der Waals surface area contributed by atoms with Crippen molar-refractivity contribution in [2.75, 3.05) is 13.1 Å². The third kappa shape index (κ3) is 4.03. The van der Waals surface area contributed by atoms with Gasteiger partial charge in [0.25, 0.3) is 5.91 Å². The van der Waals surface area contributed by atoms with Crippen LogP contribution >= 0.6 is 0 Å². The highest BCUT2D eigenvalue weighted by molar-refractivity contribution is 5.94. The van der Waals surface area contributed by atoms with E-state index in [9.17, 15) is 4.79 Å². The summed E-state index contributed by atoms with van der Waals surface area (Å²) in [6.45, 7) is 10.2. The number of hydrogen-bond acceptors (Lipinski definition) is 4. The van der Waals surface area contributed by atoms with Crippen LogP contribution in [0.4, 0.5) is 0 Å². The summed E-state index contributed by atoms with van der Waals surface area (Å²) in [4.78, 5) is 14.8. The molecule has 0 radical (unpaired) electrons. The summed E-state index contributed by atoms with van der Waals surface area (Å²) in [6, 6.07) is 7.42. The van der Waals surface area contributed by atoms with Gasteiger partial charge in [0.15, 0.2) is 0 Å². The highest BCUT2D eigenvalue weighted by Gasteiger charge is 2.26. The molecule has 1 aliphatic heterocycles. The van der Waals surface area contributed by atoms with E-state index in [4.69, 9.17) is 9.26 Å². The minimum atomic E-state index is 0.0844. The summed E-state index contributed by atoms with van der Waals surface area (Å²) in [5, 5.41) is 3.93. The van der Waals surface area contributed by atoms with Crippen molar-refractivity contribution >= 4 is 5.91 Å². The molecule has 134 valence electrons. The molecule has 25 heavy (non-hydrogen) atoms. The van der Waals surface area contributed by atoms with E-state index in [2.05, 4.69) is 19.0 Å². The van der Waals surface area contributed by atoms with Crippen LogP contribution in [0.5, 0.6) is 5.75 Å². The lowest BCUT2D eigenvalue weighted by Crippen LogP contribution is -2.42. The van der Waals surface area contributed by atoms with Crippen LogP contribution in [0.3, 0.4) is 0 Å². The maximum atomic E-state index is 12.8. The fourth-order valence-corrected chi connectivity index (χ4v) is 3.59. The van der Waals surface area contributed by atoms with Gasteiger partial charge in [-0.2, -0.15) is 0 Å². The van der Waals surface area contributed by atoms with Gasteiger partial charge >= 0.3 is 0 Å². The molecule has 0 bridgehead atoms. The third-order valence-electron chi connectivity index (χ3n) is 4.80. The van der Waals surface area contributed by atoms with Crippen molar-refractivity contribution in [3.8, 4) is 5.75 Å². The van der Waals surface area contributed by atoms with E-state index in [0.717, 1.165) is 30.1 Å². The van der Waals surface area contributed by atoms with Crippen molar-refractivity contribution in [3.63, 3.8) is 0 Å². The Balaban J connectivity index is 1.69. The number of carbonyl (C=O) groups excluding carboxylic acids is 1. The number of likely N-dealkylation sites (tertiary alicyclic amines) is 1. The molecule has 0 spiro atoms. The molecule has 3 rings (SSSR count). The summed E-state index contributed by atoms with van der Waals surface area (Å²) in [5.41, 5.74) is 2.47. The Morgan fingerprint density at radius 2 is 2.00 bits per heavy atom. The molecule has 0 saturated carbocycles. The van der Waals surface area contributed by atoms with Crippen LogP contribution in [0.2, 0.25) is 0 Å². The second-order valence-corrected chi connectivity index (χ2v) is 7.28. The van der Waals surface area contributed by atoms with Crippen LogP contribution in [0.15, 0.2) is 28.8 Å². The first-order valence-electron chi connectivity index (χ1n) is 8.88. The van der Waals surface area contributed by atoms with E-state index >= 15 is 0 Å². The summed E-state index contributed by atoms with van der Waals surface area (Å²) in [6.07, 6.45) is 1.18. The molecule has 0 aliphatic carbocycles. The lowest BCUT2D eigenvalue weighted by Gasteiger charge is -2.35. The molecule has 5 heteroatoms. The van der Waals surface area contributed by atoms with Crippen molar-refractivity contribution in [1.82, 2.24) is 10.1 Å². The maximum absolute atomic E-state index is 12.8. The summed E-state index contributed by atoms with van der Waals surface area (Å²) >= 11 is 0. The number of aromatic nitrogens is 1. The second-order valence-electron chi connectivity index (χ2n) is 7.28. The van der Waals surface area contributed by atoms with E-state index in [1.54, 1.807) is 0 Å². The Morgan fingerprint density at radius 3 is 2.64 bits per heavy atom. The zero-order valence-electron chi connectivity index (χ0n) is 15.4. The molecule has 1 amide bonds. The van der Waals surface area contributed by atoms with Gasteiger partial charge in [-0.3, -0.25) is 4.79 Å². The predicted molar refractivity (Wildman–Crippen MR) is 95.6 cm³/mol. The van der Waals surface area contributed by atoms with E-state index in [1.807, 2.05) is 43.0 Å².